The Kier molecular flexibility index (Phi) is 2.37. The van der Waals surface area contributed by atoms with E-state index < -0.39 is 5.97 Å². The lowest BCUT2D eigenvalue weighted by atomic mass is 9.87. The minimum atomic E-state index is -0.708. The SMILES string of the molecule is O=C(O)C1CCc2c([nH]c3c(Cl)cccc23)C1. The molecule has 0 aliphatic heterocycles. The molecule has 1 aromatic carbocycles. The lowest BCUT2D eigenvalue weighted by Crippen LogP contribution is -2.21. The molecule has 3 rings (SSSR count). The van der Waals surface area contributed by atoms with Gasteiger partial charge >= 0.3 is 5.97 Å². The number of carboxylic acids is 1. The van der Waals surface area contributed by atoms with Crippen LogP contribution >= 0.6 is 11.6 Å². The number of rotatable bonds is 1. The summed E-state index contributed by atoms with van der Waals surface area (Å²) in [5, 5.41) is 10.9. The van der Waals surface area contributed by atoms with Gasteiger partial charge in [0, 0.05) is 17.5 Å². The zero-order valence-corrected chi connectivity index (χ0v) is 9.92. The van der Waals surface area contributed by atoms with Crippen molar-refractivity contribution < 1.29 is 9.90 Å². The van der Waals surface area contributed by atoms with E-state index in [0.717, 1.165) is 23.0 Å². The number of nitrogens with one attached hydrogen (secondary N) is 1. The van der Waals surface area contributed by atoms with Crippen molar-refractivity contribution in [3.05, 3.63) is 34.5 Å². The first-order valence-corrected chi connectivity index (χ1v) is 6.05. The fourth-order valence-electron chi connectivity index (χ4n) is 2.63. The van der Waals surface area contributed by atoms with Gasteiger partial charge < -0.3 is 10.1 Å². The lowest BCUT2D eigenvalue weighted by molar-refractivity contribution is -0.142. The molecule has 2 aromatic rings. The molecule has 0 bridgehead atoms. The number of fused-ring (bicyclic) bond motifs is 3. The number of aromatic amines is 1. The molecule has 1 aliphatic rings. The average Bonchev–Trinajstić information content (AvgIpc) is 2.68. The molecular formula is C13H12ClNO2. The van der Waals surface area contributed by atoms with Crippen LogP contribution in [0.5, 0.6) is 0 Å². The molecule has 0 amide bonds. The Morgan fingerprint density at radius 2 is 2.29 bits per heavy atom. The molecule has 0 spiro atoms. The van der Waals surface area contributed by atoms with E-state index >= 15 is 0 Å². The highest BCUT2D eigenvalue weighted by Gasteiger charge is 2.27. The summed E-state index contributed by atoms with van der Waals surface area (Å²) in [7, 11) is 0. The predicted molar refractivity (Wildman–Crippen MR) is 66.5 cm³/mol. The maximum atomic E-state index is 11.0. The number of carboxylic acid groups (broad SMARTS) is 1. The van der Waals surface area contributed by atoms with E-state index in [1.54, 1.807) is 0 Å². The molecule has 3 nitrogen and oxygen atoms in total. The molecular weight excluding hydrogens is 238 g/mol. The number of H-pyrrole nitrogens is 1. The van der Waals surface area contributed by atoms with E-state index in [9.17, 15) is 4.79 Å². The Morgan fingerprint density at radius 3 is 3.06 bits per heavy atom. The summed E-state index contributed by atoms with van der Waals surface area (Å²) in [6.45, 7) is 0. The van der Waals surface area contributed by atoms with Crippen molar-refractivity contribution in [2.75, 3.05) is 0 Å². The molecule has 1 aromatic heterocycles. The second kappa shape index (κ2) is 3.77. The van der Waals surface area contributed by atoms with Crippen molar-refractivity contribution in [3.63, 3.8) is 0 Å². The first-order chi connectivity index (χ1) is 8.16. The summed E-state index contributed by atoms with van der Waals surface area (Å²) in [4.78, 5) is 14.3. The number of halogens is 1. The van der Waals surface area contributed by atoms with E-state index in [2.05, 4.69) is 4.98 Å². The summed E-state index contributed by atoms with van der Waals surface area (Å²) >= 11 is 6.13. The van der Waals surface area contributed by atoms with Gasteiger partial charge in [0.05, 0.1) is 16.5 Å². The predicted octanol–water partition coefficient (Wildman–Crippen LogP) is 3.01. The second-order valence-electron chi connectivity index (χ2n) is 4.52. The van der Waals surface area contributed by atoms with Crippen LogP contribution in [-0.2, 0) is 17.6 Å². The highest BCUT2D eigenvalue weighted by Crippen LogP contribution is 2.34. The minimum absolute atomic E-state index is 0.269. The van der Waals surface area contributed by atoms with Crippen LogP contribution in [-0.4, -0.2) is 16.1 Å². The molecule has 88 valence electrons. The first-order valence-electron chi connectivity index (χ1n) is 5.67. The molecule has 4 heteroatoms. The first kappa shape index (κ1) is 10.7. The summed E-state index contributed by atoms with van der Waals surface area (Å²) in [5.74, 6) is -0.977. The number of hydrogen-bond donors (Lipinski definition) is 2. The number of carbonyl (C=O) groups is 1. The van der Waals surface area contributed by atoms with Crippen LogP contribution in [0.1, 0.15) is 17.7 Å². The Morgan fingerprint density at radius 1 is 1.47 bits per heavy atom. The molecule has 1 aliphatic carbocycles. The van der Waals surface area contributed by atoms with Crippen LogP contribution < -0.4 is 0 Å². The molecule has 0 saturated carbocycles. The van der Waals surface area contributed by atoms with E-state index in [1.165, 1.54) is 5.56 Å². The van der Waals surface area contributed by atoms with Gasteiger partial charge in [-0.25, -0.2) is 0 Å². The minimum Gasteiger partial charge on any atom is -0.481 e. The van der Waals surface area contributed by atoms with Gasteiger partial charge in [0.15, 0.2) is 0 Å². The fraction of sp³-hybridized carbons (Fsp3) is 0.308. The number of aryl methyl sites for hydroxylation is 1. The summed E-state index contributed by atoms with van der Waals surface area (Å²) in [6, 6.07) is 5.82. The van der Waals surface area contributed by atoms with Crippen LogP contribution in [0.3, 0.4) is 0 Å². The Labute approximate surface area is 103 Å². The van der Waals surface area contributed by atoms with Gasteiger partial charge in [0.2, 0.25) is 0 Å². The van der Waals surface area contributed by atoms with Gasteiger partial charge in [-0.1, -0.05) is 23.7 Å². The van der Waals surface area contributed by atoms with Gasteiger partial charge in [-0.2, -0.15) is 0 Å². The van der Waals surface area contributed by atoms with Crippen molar-refractivity contribution in [2.24, 2.45) is 5.92 Å². The van der Waals surface area contributed by atoms with Gasteiger partial charge in [-0.3, -0.25) is 4.79 Å². The van der Waals surface area contributed by atoms with Gasteiger partial charge in [-0.05, 0) is 24.5 Å². The van der Waals surface area contributed by atoms with Gasteiger partial charge in [0.25, 0.3) is 0 Å². The third-order valence-corrected chi connectivity index (χ3v) is 3.84. The normalized spacial score (nSPS) is 19.2. The van der Waals surface area contributed by atoms with E-state index in [1.807, 2.05) is 18.2 Å². The topological polar surface area (TPSA) is 53.1 Å². The van der Waals surface area contributed by atoms with Crippen molar-refractivity contribution in [1.29, 1.82) is 0 Å². The van der Waals surface area contributed by atoms with Crippen LogP contribution in [0.25, 0.3) is 10.9 Å². The van der Waals surface area contributed by atoms with Crippen molar-refractivity contribution >= 4 is 28.5 Å². The highest BCUT2D eigenvalue weighted by atomic mass is 35.5. The standard InChI is InChI=1S/C13H12ClNO2/c14-10-3-1-2-9-8-5-4-7(13(16)17)6-11(8)15-12(9)10/h1-3,7,15H,4-6H2,(H,16,17). The third-order valence-electron chi connectivity index (χ3n) is 3.52. The fourth-order valence-corrected chi connectivity index (χ4v) is 2.85. The largest absolute Gasteiger partial charge is 0.481 e. The average molecular weight is 250 g/mol. The molecule has 0 saturated heterocycles. The maximum absolute atomic E-state index is 11.0. The van der Waals surface area contributed by atoms with E-state index in [0.29, 0.717) is 17.9 Å². The maximum Gasteiger partial charge on any atom is 0.306 e. The molecule has 0 radical (unpaired) electrons. The molecule has 1 heterocycles. The molecule has 17 heavy (non-hydrogen) atoms. The molecule has 1 atom stereocenters. The Hall–Kier alpha value is -1.48. The number of hydrogen-bond acceptors (Lipinski definition) is 1. The van der Waals surface area contributed by atoms with Crippen molar-refractivity contribution in [3.8, 4) is 0 Å². The zero-order chi connectivity index (χ0) is 12.0. The van der Waals surface area contributed by atoms with Crippen LogP contribution in [0, 0.1) is 5.92 Å². The number of aromatic nitrogens is 1. The van der Waals surface area contributed by atoms with Gasteiger partial charge in [-0.15, -0.1) is 0 Å². The van der Waals surface area contributed by atoms with Crippen molar-refractivity contribution in [2.45, 2.75) is 19.3 Å². The summed E-state index contributed by atoms with van der Waals surface area (Å²) in [6.07, 6.45) is 2.10. The monoisotopic (exact) mass is 249 g/mol. The molecule has 1 unspecified atom stereocenters. The summed E-state index contributed by atoms with van der Waals surface area (Å²) < 4.78 is 0. The Bertz CT molecular complexity index is 603. The van der Waals surface area contributed by atoms with E-state index in [4.69, 9.17) is 16.7 Å². The number of benzene rings is 1. The Balaban J connectivity index is 2.13. The third kappa shape index (κ3) is 1.62. The van der Waals surface area contributed by atoms with Crippen LogP contribution in [0.4, 0.5) is 0 Å². The van der Waals surface area contributed by atoms with Gasteiger partial charge in [0.1, 0.15) is 0 Å². The summed E-state index contributed by atoms with van der Waals surface area (Å²) in [5.41, 5.74) is 3.21. The molecule has 2 N–H and O–H groups in total. The zero-order valence-electron chi connectivity index (χ0n) is 9.16. The number of aliphatic carboxylic acids is 1. The smallest absolute Gasteiger partial charge is 0.306 e. The van der Waals surface area contributed by atoms with Crippen LogP contribution in [0.15, 0.2) is 18.2 Å². The number of para-hydroxylation sites is 1. The van der Waals surface area contributed by atoms with Crippen molar-refractivity contribution in [1.82, 2.24) is 4.98 Å². The van der Waals surface area contributed by atoms with E-state index in [-0.39, 0.29) is 5.92 Å². The highest BCUT2D eigenvalue weighted by molar-refractivity contribution is 6.35. The lowest BCUT2D eigenvalue weighted by Gasteiger charge is -2.18. The van der Waals surface area contributed by atoms with Crippen LogP contribution in [0.2, 0.25) is 5.02 Å². The second-order valence-corrected chi connectivity index (χ2v) is 4.93. The quantitative estimate of drug-likeness (QED) is 0.816. The molecule has 0 fully saturated rings.